The Balaban J connectivity index is 2.87. The molecule has 1 unspecified atom stereocenters. The number of methoxy groups -OCH3 is 1. The van der Waals surface area contributed by atoms with Crippen LogP contribution in [0.2, 0.25) is 0 Å². The monoisotopic (exact) mass is 281 g/mol. The molecule has 0 heterocycles. The summed E-state index contributed by atoms with van der Waals surface area (Å²) in [6.07, 6.45) is -1.98. The number of rotatable bonds is 4. The van der Waals surface area contributed by atoms with Gasteiger partial charge in [0.1, 0.15) is 5.60 Å². The van der Waals surface area contributed by atoms with Crippen LogP contribution < -0.4 is 5.48 Å². The van der Waals surface area contributed by atoms with Crippen molar-refractivity contribution >= 4 is 5.91 Å². The standard InChI is InChI=1S/C11H14F3NO4/c1-10(18-2)5-7(19-6-11(12,13)14)3-4-8(10)9(16)15-17/h3-4,17H,5-6H2,1-2H3,(H,15,16). The summed E-state index contributed by atoms with van der Waals surface area (Å²) in [5.74, 6) is -0.730. The molecule has 1 rings (SSSR count). The maximum atomic E-state index is 12.0. The number of hydrogen-bond acceptors (Lipinski definition) is 4. The molecule has 8 heteroatoms. The van der Waals surface area contributed by atoms with E-state index in [0.29, 0.717) is 0 Å². The Morgan fingerprint density at radius 2 is 2.16 bits per heavy atom. The summed E-state index contributed by atoms with van der Waals surface area (Å²) in [5.41, 5.74) is 0.388. The number of halogens is 3. The highest BCUT2D eigenvalue weighted by Crippen LogP contribution is 2.33. The molecule has 19 heavy (non-hydrogen) atoms. The lowest BCUT2D eigenvalue weighted by Gasteiger charge is -2.33. The number of alkyl halides is 3. The summed E-state index contributed by atoms with van der Waals surface area (Å²) in [5, 5.41) is 8.59. The van der Waals surface area contributed by atoms with Gasteiger partial charge in [0.25, 0.3) is 5.91 Å². The van der Waals surface area contributed by atoms with Gasteiger partial charge in [-0.3, -0.25) is 10.0 Å². The summed E-state index contributed by atoms with van der Waals surface area (Å²) in [6.45, 7) is 0.103. The molecule has 1 aliphatic carbocycles. The normalized spacial score (nSPS) is 23.5. The van der Waals surface area contributed by atoms with Gasteiger partial charge >= 0.3 is 6.18 Å². The second-order valence-electron chi connectivity index (χ2n) is 4.17. The van der Waals surface area contributed by atoms with E-state index in [-0.39, 0.29) is 17.8 Å². The summed E-state index contributed by atoms with van der Waals surface area (Å²) in [7, 11) is 1.31. The average molecular weight is 281 g/mol. The summed E-state index contributed by atoms with van der Waals surface area (Å²) in [6, 6.07) is 0. The zero-order chi connectivity index (χ0) is 14.7. The van der Waals surface area contributed by atoms with Gasteiger partial charge in [0, 0.05) is 13.5 Å². The van der Waals surface area contributed by atoms with Crippen molar-refractivity contribution in [2.45, 2.75) is 25.1 Å². The molecule has 0 bridgehead atoms. The molecule has 1 atom stereocenters. The van der Waals surface area contributed by atoms with Crippen LogP contribution in [0.1, 0.15) is 13.3 Å². The number of hydroxylamine groups is 1. The molecular formula is C11H14F3NO4. The van der Waals surface area contributed by atoms with E-state index < -0.39 is 24.3 Å². The van der Waals surface area contributed by atoms with Crippen molar-refractivity contribution in [3.8, 4) is 0 Å². The fourth-order valence-electron chi connectivity index (χ4n) is 1.67. The number of carbonyl (C=O) groups is 1. The molecule has 0 radical (unpaired) electrons. The molecular weight excluding hydrogens is 267 g/mol. The van der Waals surface area contributed by atoms with Crippen LogP contribution in [-0.4, -0.2) is 36.6 Å². The number of nitrogens with one attached hydrogen (secondary N) is 1. The predicted octanol–water partition coefficient (Wildman–Crippen LogP) is 1.69. The lowest BCUT2D eigenvalue weighted by molar-refractivity contribution is -0.167. The number of carbonyl (C=O) groups excluding carboxylic acids is 1. The molecule has 2 N–H and O–H groups in total. The molecule has 0 aromatic rings. The molecule has 1 aliphatic rings. The quantitative estimate of drug-likeness (QED) is 0.608. The van der Waals surface area contributed by atoms with Crippen molar-refractivity contribution < 1.29 is 32.6 Å². The number of ether oxygens (including phenoxy) is 2. The van der Waals surface area contributed by atoms with E-state index in [1.165, 1.54) is 31.7 Å². The van der Waals surface area contributed by atoms with Crippen molar-refractivity contribution in [1.29, 1.82) is 0 Å². The van der Waals surface area contributed by atoms with E-state index in [9.17, 15) is 18.0 Å². The topological polar surface area (TPSA) is 67.8 Å². The van der Waals surface area contributed by atoms with Crippen LogP contribution in [0, 0.1) is 0 Å². The highest BCUT2D eigenvalue weighted by Gasteiger charge is 2.38. The van der Waals surface area contributed by atoms with Gasteiger partial charge in [-0.15, -0.1) is 0 Å². The van der Waals surface area contributed by atoms with Crippen LogP contribution in [0.15, 0.2) is 23.5 Å². The largest absolute Gasteiger partial charge is 0.488 e. The Labute approximate surface area is 107 Å². The van der Waals surface area contributed by atoms with E-state index in [4.69, 9.17) is 9.94 Å². The summed E-state index contributed by atoms with van der Waals surface area (Å²) in [4.78, 5) is 11.4. The maximum absolute atomic E-state index is 12.0. The first-order valence-corrected chi connectivity index (χ1v) is 5.32. The molecule has 5 nitrogen and oxygen atoms in total. The maximum Gasteiger partial charge on any atom is 0.422 e. The second-order valence-corrected chi connectivity index (χ2v) is 4.17. The first-order valence-electron chi connectivity index (χ1n) is 5.32. The van der Waals surface area contributed by atoms with Crippen LogP contribution in [0.5, 0.6) is 0 Å². The molecule has 0 spiro atoms. The summed E-state index contributed by atoms with van der Waals surface area (Å²) < 4.78 is 45.9. The molecule has 0 saturated carbocycles. The molecule has 1 amide bonds. The van der Waals surface area contributed by atoms with E-state index >= 15 is 0 Å². The minimum absolute atomic E-state index is 0.0428. The molecule has 0 aromatic carbocycles. The van der Waals surface area contributed by atoms with Gasteiger partial charge in [0.2, 0.25) is 0 Å². The minimum atomic E-state index is -4.43. The zero-order valence-electron chi connectivity index (χ0n) is 10.4. The van der Waals surface area contributed by atoms with Crippen molar-refractivity contribution in [2.75, 3.05) is 13.7 Å². The van der Waals surface area contributed by atoms with Gasteiger partial charge in [-0.25, -0.2) is 5.48 Å². The zero-order valence-corrected chi connectivity index (χ0v) is 10.4. The fraction of sp³-hybridized carbons (Fsp3) is 0.545. The van der Waals surface area contributed by atoms with Crippen LogP contribution in [0.3, 0.4) is 0 Å². The van der Waals surface area contributed by atoms with Gasteiger partial charge in [0.05, 0.1) is 11.3 Å². The Kier molecular flexibility index (Phi) is 4.59. The van der Waals surface area contributed by atoms with Gasteiger partial charge in [-0.2, -0.15) is 13.2 Å². The Bertz CT molecular complexity index is 417. The Morgan fingerprint density at radius 3 is 2.63 bits per heavy atom. The Hall–Kier alpha value is -1.54. The lowest BCUT2D eigenvalue weighted by Crippen LogP contribution is -2.40. The van der Waals surface area contributed by atoms with Crippen molar-refractivity contribution in [3.63, 3.8) is 0 Å². The number of amides is 1. The molecule has 0 fully saturated rings. The van der Waals surface area contributed by atoms with Gasteiger partial charge < -0.3 is 9.47 Å². The minimum Gasteiger partial charge on any atom is -0.488 e. The molecule has 0 saturated heterocycles. The van der Waals surface area contributed by atoms with Crippen molar-refractivity contribution in [1.82, 2.24) is 5.48 Å². The molecule has 0 aliphatic heterocycles. The second kappa shape index (κ2) is 5.62. The van der Waals surface area contributed by atoms with Crippen molar-refractivity contribution in [3.05, 3.63) is 23.5 Å². The number of hydrogen-bond donors (Lipinski definition) is 2. The Morgan fingerprint density at radius 1 is 1.53 bits per heavy atom. The first kappa shape index (κ1) is 15.5. The van der Waals surface area contributed by atoms with Crippen LogP contribution in [0.25, 0.3) is 0 Å². The van der Waals surface area contributed by atoms with E-state index in [0.717, 1.165) is 0 Å². The van der Waals surface area contributed by atoms with Crippen LogP contribution >= 0.6 is 0 Å². The average Bonchev–Trinajstić information content (AvgIpc) is 2.34. The van der Waals surface area contributed by atoms with Crippen LogP contribution in [-0.2, 0) is 14.3 Å². The first-order chi connectivity index (χ1) is 8.72. The van der Waals surface area contributed by atoms with E-state index in [2.05, 4.69) is 4.74 Å². The highest BCUT2D eigenvalue weighted by atomic mass is 19.4. The third kappa shape index (κ3) is 3.97. The van der Waals surface area contributed by atoms with E-state index in [1.807, 2.05) is 0 Å². The molecule has 0 aromatic heterocycles. The SMILES string of the molecule is COC1(C)CC(OCC(F)(F)F)=CC=C1C(=O)NO. The third-order valence-electron chi connectivity index (χ3n) is 2.74. The third-order valence-corrected chi connectivity index (χ3v) is 2.74. The molecule has 108 valence electrons. The van der Waals surface area contributed by atoms with Crippen LogP contribution in [0.4, 0.5) is 13.2 Å². The van der Waals surface area contributed by atoms with Crippen molar-refractivity contribution in [2.24, 2.45) is 0 Å². The predicted molar refractivity (Wildman–Crippen MR) is 58.1 cm³/mol. The van der Waals surface area contributed by atoms with E-state index in [1.54, 1.807) is 0 Å². The fourth-order valence-corrected chi connectivity index (χ4v) is 1.67. The summed E-state index contributed by atoms with van der Waals surface area (Å²) >= 11 is 0. The smallest absolute Gasteiger partial charge is 0.422 e. The van der Waals surface area contributed by atoms with Gasteiger partial charge in [-0.05, 0) is 19.1 Å². The lowest BCUT2D eigenvalue weighted by atomic mass is 9.86. The van der Waals surface area contributed by atoms with Gasteiger partial charge in [0.15, 0.2) is 6.61 Å². The van der Waals surface area contributed by atoms with Gasteiger partial charge in [-0.1, -0.05) is 0 Å². The number of allylic oxidation sites excluding steroid dienone is 2. The highest BCUT2D eigenvalue weighted by molar-refractivity contribution is 5.95.